The molecule has 0 atom stereocenters. The van der Waals surface area contributed by atoms with Crippen molar-refractivity contribution in [2.75, 3.05) is 5.32 Å². The number of carbonyl (C=O) groups excluding carboxylic acids is 1. The molecule has 11 heteroatoms. The first-order chi connectivity index (χ1) is 14.5. The first kappa shape index (κ1) is 20.2. The van der Waals surface area contributed by atoms with Crippen LogP contribution in [-0.4, -0.2) is 35.9 Å². The normalized spacial score (nSPS) is 11.0. The van der Waals surface area contributed by atoms with E-state index in [1.807, 2.05) is 19.1 Å². The van der Waals surface area contributed by atoms with E-state index >= 15 is 0 Å². The van der Waals surface area contributed by atoms with E-state index in [9.17, 15) is 9.59 Å². The highest BCUT2D eigenvalue weighted by atomic mass is 79.9. The topological polar surface area (TPSA) is 108 Å². The first-order valence-electron chi connectivity index (χ1n) is 8.99. The van der Waals surface area contributed by atoms with Crippen molar-refractivity contribution in [3.63, 3.8) is 0 Å². The molecular weight excluding hydrogens is 470 g/mol. The number of nitrogens with zero attached hydrogens (tertiary/aromatic N) is 6. The zero-order valence-corrected chi connectivity index (χ0v) is 18.4. The second-order valence-electron chi connectivity index (χ2n) is 6.30. The van der Waals surface area contributed by atoms with Gasteiger partial charge in [-0.2, -0.15) is 5.10 Å². The Morgan fingerprint density at radius 3 is 2.67 bits per heavy atom. The maximum Gasteiger partial charge on any atom is 0.276 e. The molecule has 0 aliphatic rings. The Morgan fingerprint density at radius 2 is 1.97 bits per heavy atom. The fourth-order valence-electron chi connectivity index (χ4n) is 2.89. The Bertz CT molecular complexity index is 1320. The summed E-state index contributed by atoms with van der Waals surface area (Å²) in [7, 11) is 1.74. The van der Waals surface area contributed by atoms with E-state index in [-0.39, 0.29) is 11.3 Å². The highest BCUT2D eigenvalue weighted by Gasteiger charge is 2.18. The van der Waals surface area contributed by atoms with E-state index in [2.05, 4.69) is 41.9 Å². The Kier molecular flexibility index (Phi) is 5.64. The molecule has 0 aliphatic heterocycles. The largest absolute Gasteiger partial charge is 0.319 e. The zero-order valence-electron chi connectivity index (χ0n) is 16.0. The van der Waals surface area contributed by atoms with E-state index in [0.717, 1.165) is 9.37 Å². The molecule has 2 aromatic carbocycles. The maximum absolute atomic E-state index is 13.2. The fraction of sp³-hybridized carbons (Fsp3) is 0.158. The molecule has 9 nitrogen and oxygen atoms in total. The minimum atomic E-state index is -0.413. The monoisotopic (exact) mass is 485 g/mol. The maximum atomic E-state index is 13.2. The highest BCUT2D eigenvalue weighted by Crippen LogP contribution is 2.34. The van der Waals surface area contributed by atoms with E-state index in [0.29, 0.717) is 28.2 Å². The number of halogens is 1. The molecule has 4 rings (SSSR count). The van der Waals surface area contributed by atoms with Crippen molar-refractivity contribution >= 4 is 50.1 Å². The van der Waals surface area contributed by atoms with E-state index < -0.39 is 5.91 Å². The van der Waals surface area contributed by atoms with Gasteiger partial charge in [0.05, 0.1) is 11.1 Å². The minimum Gasteiger partial charge on any atom is -0.319 e. The van der Waals surface area contributed by atoms with Crippen LogP contribution in [0.15, 0.2) is 61.8 Å². The quantitative estimate of drug-likeness (QED) is 0.462. The van der Waals surface area contributed by atoms with Crippen LogP contribution >= 0.6 is 27.7 Å². The van der Waals surface area contributed by atoms with Crippen LogP contribution in [0.1, 0.15) is 17.4 Å². The van der Waals surface area contributed by atoms with E-state index in [1.54, 1.807) is 42.1 Å². The predicted octanol–water partition coefficient (Wildman–Crippen LogP) is 3.11. The molecule has 30 heavy (non-hydrogen) atoms. The number of hydrogen-bond donors (Lipinski definition) is 1. The smallest absolute Gasteiger partial charge is 0.276 e. The number of carbonyl (C=O) groups is 1. The van der Waals surface area contributed by atoms with E-state index in [4.69, 9.17) is 0 Å². The number of tetrazole rings is 1. The number of fused-ring (bicyclic) bond motifs is 1. The molecule has 152 valence electrons. The molecule has 2 heterocycles. The summed E-state index contributed by atoms with van der Waals surface area (Å²) in [5.41, 5.74) is 0.531. The van der Waals surface area contributed by atoms with Crippen molar-refractivity contribution in [1.82, 2.24) is 30.0 Å². The lowest BCUT2D eigenvalue weighted by Gasteiger charge is -2.13. The summed E-state index contributed by atoms with van der Waals surface area (Å²) in [4.78, 5) is 26.5. The molecule has 0 bridgehead atoms. The third-order valence-corrected chi connectivity index (χ3v) is 5.95. The Labute approximate surface area is 183 Å². The van der Waals surface area contributed by atoms with Crippen LogP contribution in [0.2, 0.25) is 0 Å². The van der Waals surface area contributed by atoms with Crippen molar-refractivity contribution in [2.24, 2.45) is 7.05 Å². The second-order valence-corrected chi connectivity index (χ2v) is 8.22. The average Bonchev–Trinajstić information content (AvgIpc) is 3.15. The third-order valence-electron chi connectivity index (χ3n) is 4.35. The third kappa shape index (κ3) is 3.85. The SMILES string of the molecule is CCn1nc(C(=O)Nc2cc(Br)ccc2Sc2nnnn2C)c2ccccc2c1=O. The number of hydrogen-bond acceptors (Lipinski definition) is 7. The first-order valence-corrected chi connectivity index (χ1v) is 10.6. The standard InChI is InChI=1S/C19H16BrN7O2S/c1-3-27-18(29)13-7-5-4-6-12(13)16(23-27)17(28)21-14-10-11(20)8-9-15(14)30-19-22-24-25-26(19)2/h4-10H,3H2,1-2H3,(H,21,28). The van der Waals surface area contributed by atoms with Gasteiger partial charge in [-0.25, -0.2) is 9.36 Å². The van der Waals surface area contributed by atoms with Gasteiger partial charge < -0.3 is 5.32 Å². The van der Waals surface area contributed by atoms with Crippen molar-refractivity contribution < 1.29 is 4.79 Å². The van der Waals surface area contributed by atoms with Gasteiger partial charge >= 0.3 is 0 Å². The van der Waals surface area contributed by atoms with Crippen molar-refractivity contribution in [1.29, 1.82) is 0 Å². The van der Waals surface area contributed by atoms with Crippen LogP contribution in [0.5, 0.6) is 0 Å². The van der Waals surface area contributed by atoms with Gasteiger partial charge in [0.15, 0.2) is 5.69 Å². The number of rotatable bonds is 5. The Morgan fingerprint density at radius 1 is 1.20 bits per heavy atom. The number of amides is 1. The number of aromatic nitrogens is 6. The van der Waals surface area contributed by atoms with Crippen molar-refractivity contribution in [2.45, 2.75) is 23.5 Å². The second kappa shape index (κ2) is 8.36. The van der Waals surface area contributed by atoms with Gasteiger partial charge in [-0.3, -0.25) is 9.59 Å². The molecule has 2 aromatic heterocycles. The van der Waals surface area contributed by atoms with Gasteiger partial charge in [-0.15, -0.1) is 5.10 Å². The van der Waals surface area contributed by atoms with Crippen LogP contribution in [0, 0.1) is 0 Å². The van der Waals surface area contributed by atoms with Gasteiger partial charge in [-0.1, -0.05) is 34.1 Å². The van der Waals surface area contributed by atoms with Crippen molar-refractivity contribution in [3.8, 4) is 0 Å². The molecule has 0 saturated heterocycles. The van der Waals surface area contributed by atoms with Crippen LogP contribution < -0.4 is 10.9 Å². The summed E-state index contributed by atoms with van der Waals surface area (Å²) in [6.45, 7) is 2.17. The Balaban J connectivity index is 1.75. The molecule has 0 fully saturated rings. The van der Waals surface area contributed by atoms with Gasteiger partial charge in [0.1, 0.15) is 0 Å². The molecule has 0 spiro atoms. The summed E-state index contributed by atoms with van der Waals surface area (Å²) in [5.74, 6) is -0.413. The van der Waals surface area contributed by atoms with E-state index in [1.165, 1.54) is 16.4 Å². The predicted molar refractivity (Wildman–Crippen MR) is 117 cm³/mol. The van der Waals surface area contributed by atoms with Gasteiger partial charge in [-0.05, 0) is 53.4 Å². The van der Waals surface area contributed by atoms with Crippen molar-refractivity contribution in [3.05, 3.63) is 63.0 Å². The lowest BCUT2D eigenvalue weighted by Crippen LogP contribution is -2.27. The number of nitrogens with one attached hydrogen (secondary N) is 1. The number of benzene rings is 2. The summed E-state index contributed by atoms with van der Waals surface area (Å²) in [6.07, 6.45) is 0. The minimum absolute atomic E-state index is 0.184. The molecule has 0 unspecified atom stereocenters. The molecule has 1 N–H and O–H groups in total. The average molecular weight is 486 g/mol. The van der Waals surface area contributed by atoms with Gasteiger partial charge in [0.25, 0.3) is 11.5 Å². The summed E-state index contributed by atoms with van der Waals surface area (Å²) in [5, 5.41) is 20.2. The lowest BCUT2D eigenvalue weighted by molar-refractivity contribution is 0.102. The summed E-state index contributed by atoms with van der Waals surface area (Å²) < 4.78 is 3.64. The van der Waals surface area contributed by atoms with Crippen LogP contribution in [0.4, 0.5) is 5.69 Å². The van der Waals surface area contributed by atoms with Crippen LogP contribution in [0.3, 0.4) is 0 Å². The molecule has 1 amide bonds. The number of anilines is 1. The molecular formula is C19H16BrN7O2S. The summed E-state index contributed by atoms with van der Waals surface area (Å²) in [6, 6.07) is 12.5. The Hall–Kier alpha value is -3.05. The summed E-state index contributed by atoms with van der Waals surface area (Å²) >= 11 is 4.76. The molecule has 0 saturated carbocycles. The number of aryl methyl sites for hydroxylation is 2. The molecule has 0 radical (unpaired) electrons. The highest BCUT2D eigenvalue weighted by molar-refractivity contribution is 9.10. The van der Waals surface area contributed by atoms with Gasteiger partial charge in [0, 0.05) is 28.3 Å². The van der Waals surface area contributed by atoms with Crippen LogP contribution in [0.25, 0.3) is 10.8 Å². The zero-order chi connectivity index (χ0) is 21.3. The van der Waals surface area contributed by atoms with Crippen LogP contribution in [-0.2, 0) is 13.6 Å². The molecule has 4 aromatic rings. The van der Waals surface area contributed by atoms with Gasteiger partial charge in [0.2, 0.25) is 5.16 Å². The fourth-order valence-corrected chi connectivity index (χ4v) is 4.05. The molecule has 0 aliphatic carbocycles. The lowest BCUT2D eigenvalue weighted by atomic mass is 10.1.